The van der Waals surface area contributed by atoms with Crippen LogP contribution in [0.4, 0.5) is 4.39 Å². The molecule has 0 saturated heterocycles. The molecule has 2 aromatic carbocycles. The van der Waals surface area contributed by atoms with E-state index in [1.54, 1.807) is 32.0 Å². The van der Waals surface area contributed by atoms with Gasteiger partial charge in [0.2, 0.25) is 0 Å². The van der Waals surface area contributed by atoms with E-state index in [2.05, 4.69) is 0 Å². The lowest BCUT2D eigenvalue weighted by molar-refractivity contribution is -0.137. The first-order valence-electron chi connectivity index (χ1n) is 11.8. The van der Waals surface area contributed by atoms with Crippen LogP contribution in [0.3, 0.4) is 0 Å². The number of aliphatic hydroxyl groups is 1. The molecule has 0 atom stereocenters. The molecule has 0 aliphatic heterocycles. The van der Waals surface area contributed by atoms with Gasteiger partial charge in [-0.05, 0) is 70.5 Å². The first kappa shape index (κ1) is 28.7. The number of furan rings is 1. The average molecular weight is 500 g/mol. The minimum atomic E-state index is -0.885. The van der Waals surface area contributed by atoms with Crippen molar-refractivity contribution in [2.45, 2.75) is 51.8 Å². The summed E-state index contributed by atoms with van der Waals surface area (Å²) >= 11 is 0. The lowest BCUT2D eigenvalue weighted by atomic mass is 10.1. The molecule has 194 valence electrons. The molecule has 0 radical (unpaired) electrons. The van der Waals surface area contributed by atoms with Crippen molar-refractivity contribution in [1.82, 2.24) is 4.90 Å². The standard InChI is InChI=1S/C17H27NO4.C11H7FO2/c1-17(2,21)18(3)13-14-9-6-7-10-15(14)22-12-8-4-5-11-16(19)20;12-10-6-8(3-4-9(10)7-13)11-2-1-5-14-11/h6-7,9-10,21H,4-5,8,11-13H2,1-3H3,(H,19,20);1-7H. The lowest BCUT2D eigenvalue weighted by Crippen LogP contribution is -2.40. The number of para-hydroxylation sites is 1. The Labute approximate surface area is 211 Å². The number of hydrogen-bond acceptors (Lipinski definition) is 6. The smallest absolute Gasteiger partial charge is 0.303 e. The molecule has 0 saturated carbocycles. The number of carbonyl (C=O) groups excluding carboxylic acids is 1. The quantitative estimate of drug-likeness (QED) is 0.185. The molecule has 36 heavy (non-hydrogen) atoms. The van der Waals surface area contributed by atoms with E-state index in [1.807, 2.05) is 36.2 Å². The highest BCUT2D eigenvalue weighted by atomic mass is 19.1. The summed E-state index contributed by atoms with van der Waals surface area (Å²) in [6.07, 6.45) is 4.58. The lowest BCUT2D eigenvalue weighted by Gasteiger charge is -2.30. The average Bonchev–Trinajstić information content (AvgIpc) is 3.37. The van der Waals surface area contributed by atoms with Crippen molar-refractivity contribution in [3.05, 3.63) is 77.8 Å². The van der Waals surface area contributed by atoms with Gasteiger partial charge in [-0.3, -0.25) is 14.5 Å². The second-order valence-electron chi connectivity index (χ2n) is 8.84. The maximum Gasteiger partial charge on any atom is 0.303 e. The Morgan fingerprint density at radius 1 is 1.11 bits per heavy atom. The number of halogens is 1. The first-order valence-corrected chi connectivity index (χ1v) is 11.8. The summed E-state index contributed by atoms with van der Waals surface area (Å²) in [6.45, 7) is 4.67. The Balaban J connectivity index is 0.000000278. The molecule has 0 amide bonds. The van der Waals surface area contributed by atoms with Gasteiger partial charge in [-0.2, -0.15) is 0 Å². The zero-order valence-electron chi connectivity index (χ0n) is 20.9. The predicted octanol–water partition coefficient (Wildman–Crippen LogP) is 5.77. The molecule has 0 bridgehead atoms. The Hall–Kier alpha value is -3.49. The fourth-order valence-electron chi connectivity index (χ4n) is 3.18. The van der Waals surface area contributed by atoms with Crippen LogP contribution in [0, 0.1) is 5.82 Å². The molecule has 7 nitrogen and oxygen atoms in total. The molecule has 2 N–H and O–H groups in total. The van der Waals surface area contributed by atoms with Crippen molar-refractivity contribution >= 4 is 12.3 Å². The van der Waals surface area contributed by atoms with Crippen LogP contribution in [0.15, 0.2) is 65.3 Å². The first-order chi connectivity index (χ1) is 17.1. The second-order valence-corrected chi connectivity index (χ2v) is 8.84. The van der Waals surface area contributed by atoms with Gasteiger partial charge in [0.25, 0.3) is 0 Å². The zero-order valence-corrected chi connectivity index (χ0v) is 20.9. The van der Waals surface area contributed by atoms with Gasteiger partial charge in [0, 0.05) is 24.1 Å². The van der Waals surface area contributed by atoms with E-state index < -0.39 is 17.5 Å². The van der Waals surface area contributed by atoms with Crippen LogP contribution in [0.5, 0.6) is 5.75 Å². The Morgan fingerprint density at radius 2 is 1.86 bits per heavy atom. The number of aldehydes is 1. The molecule has 3 rings (SSSR count). The fraction of sp³-hybridized carbons (Fsp3) is 0.357. The van der Waals surface area contributed by atoms with Crippen molar-refractivity contribution < 1.29 is 33.3 Å². The molecule has 0 aliphatic rings. The van der Waals surface area contributed by atoms with Crippen LogP contribution in [0.2, 0.25) is 0 Å². The van der Waals surface area contributed by atoms with E-state index in [1.165, 1.54) is 18.4 Å². The SMILES string of the molecule is CN(Cc1ccccc1OCCCCCC(=O)O)C(C)(C)O.O=Cc1ccc(-c2ccco2)cc1F. The number of carboxylic acids is 1. The number of carboxylic acid groups (broad SMARTS) is 1. The fourth-order valence-corrected chi connectivity index (χ4v) is 3.18. The van der Waals surface area contributed by atoms with Gasteiger partial charge < -0.3 is 19.4 Å². The topological polar surface area (TPSA) is 100 Å². The minimum absolute atomic E-state index is 0.0558. The van der Waals surface area contributed by atoms with Crippen LogP contribution in [-0.2, 0) is 11.3 Å². The van der Waals surface area contributed by atoms with Gasteiger partial charge in [-0.25, -0.2) is 4.39 Å². The molecular formula is C28H34FNO6. The molecular weight excluding hydrogens is 465 g/mol. The number of hydrogen-bond donors (Lipinski definition) is 2. The third kappa shape index (κ3) is 9.64. The normalized spacial score (nSPS) is 11.1. The molecule has 1 heterocycles. The Morgan fingerprint density at radius 3 is 2.47 bits per heavy atom. The van der Waals surface area contributed by atoms with Gasteiger partial charge in [-0.15, -0.1) is 0 Å². The molecule has 0 aliphatic carbocycles. The summed E-state index contributed by atoms with van der Waals surface area (Å²) in [5, 5.41) is 18.6. The van der Waals surface area contributed by atoms with Crippen molar-refractivity contribution in [2.75, 3.05) is 13.7 Å². The summed E-state index contributed by atoms with van der Waals surface area (Å²) in [6, 6.07) is 15.6. The van der Waals surface area contributed by atoms with E-state index in [0.717, 1.165) is 24.2 Å². The second kappa shape index (κ2) is 14.2. The molecule has 0 unspecified atom stereocenters. The van der Waals surface area contributed by atoms with E-state index in [0.29, 0.717) is 37.2 Å². The maximum absolute atomic E-state index is 13.2. The van der Waals surface area contributed by atoms with Crippen molar-refractivity contribution in [3.8, 4) is 17.1 Å². The maximum atomic E-state index is 13.2. The number of aliphatic carboxylic acids is 1. The van der Waals surface area contributed by atoms with Gasteiger partial charge in [0.05, 0.1) is 18.4 Å². The van der Waals surface area contributed by atoms with Crippen LogP contribution in [0.25, 0.3) is 11.3 Å². The number of benzene rings is 2. The van der Waals surface area contributed by atoms with Crippen LogP contribution in [-0.4, -0.2) is 46.7 Å². The third-order valence-corrected chi connectivity index (χ3v) is 5.54. The van der Waals surface area contributed by atoms with Gasteiger partial charge >= 0.3 is 5.97 Å². The monoisotopic (exact) mass is 499 g/mol. The predicted molar refractivity (Wildman–Crippen MR) is 135 cm³/mol. The minimum Gasteiger partial charge on any atom is -0.493 e. The van der Waals surface area contributed by atoms with Crippen LogP contribution >= 0.6 is 0 Å². The van der Waals surface area contributed by atoms with Gasteiger partial charge in [0.15, 0.2) is 6.29 Å². The van der Waals surface area contributed by atoms with E-state index >= 15 is 0 Å². The van der Waals surface area contributed by atoms with Crippen LogP contribution < -0.4 is 4.74 Å². The molecule has 1 aromatic heterocycles. The van der Waals surface area contributed by atoms with Crippen molar-refractivity contribution in [2.24, 2.45) is 0 Å². The van der Waals surface area contributed by atoms with Gasteiger partial charge in [-0.1, -0.05) is 24.3 Å². The summed E-state index contributed by atoms with van der Waals surface area (Å²) in [7, 11) is 1.86. The van der Waals surface area contributed by atoms with E-state index in [4.69, 9.17) is 14.3 Å². The molecule has 3 aromatic rings. The largest absolute Gasteiger partial charge is 0.493 e. The number of rotatable bonds is 12. The molecule has 0 spiro atoms. The molecule has 0 fully saturated rings. The van der Waals surface area contributed by atoms with Crippen molar-refractivity contribution in [3.63, 3.8) is 0 Å². The number of unbranched alkanes of at least 4 members (excludes halogenated alkanes) is 2. The summed E-state index contributed by atoms with van der Waals surface area (Å²) < 4.78 is 24.1. The summed E-state index contributed by atoms with van der Waals surface area (Å²) in [5.41, 5.74) is 0.820. The zero-order chi connectivity index (χ0) is 26.6. The Bertz CT molecular complexity index is 1090. The van der Waals surface area contributed by atoms with Crippen LogP contribution in [0.1, 0.15) is 55.5 Å². The summed E-state index contributed by atoms with van der Waals surface area (Å²) in [5.74, 6) is 0.119. The Kier molecular flexibility index (Phi) is 11.3. The van der Waals surface area contributed by atoms with E-state index in [9.17, 15) is 19.1 Å². The third-order valence-electron chi connectivity index (χ3n) is 5.54. The van der Waals surface area contributed by atoms with E-state index in [-0.39, 0.29) is 12.0 Å². The number of ether oxygens (including phenoxy) is 1. The van der Waals surface area contributed by atoms with Crippen molar-refractivity contribution in [1.29, 1.82) is 0 Å². The van der Waals surface area contributed by atoms with Gasteiger partial charge in [0.1, 0.15) is 23.1 Å². The number of nitrogens with zero attached hydrogens (tertiary/aromatic N) is 1. The summed E-state index contributed by atoms with van der Waals surface area (Å²) in [4.78, 5) is 22.6. The highest BCUT2D eigenvalue weighted by Gasteiger charge is 2.20. The highest BCUT2D eigenvalue weighted by molar-refractivity contribution is 5.76. The molecule has 8 heteroatoms. The number of carbonyl (C=O) groups is 2. The highest BCUT2D eigenvalue weighted by Crippen LogP contribution is 2.23.